The fraction of sp³-hybridized carbons (Fsp3) is 0.577. The lowest BCUT2D eigenvalue weighted by molar-refractivity contribution is -0.186. The van der Waals surface area contributed by atoms with Crippen LogP contribution in [-0.2, 0) is 9.47 Å². The van der Waals surface area contributed by atoms with Crippen LogP contribution in [0.4, 0.5) is 13.2 Å². The first-order chi connectivity index (χ1) is 19.2. The van der Waals surface area contributed by atoms with Crippen LogP contribution in [-0.4, -0.2) is 78.5 Å². The molecule has 0 spiro atoms. The Bertz CT molecular complexity index is 1300. The van der Waals surface area contributed by atoms with Crippen LogP contribution in [0.25, 0.3) is 11.3 Å². The van der Waals surface area contributed by atoms with Crippen LogP contribution in [0, 0.1) is 24.4 Å². The van der Waals surface area contributed by atoms with Crippen molar-refractivity contribution >= 4 is 11.8 Å². The number of ether oxygens (including phenoxy) is 2. The van der Waals surface area contributed by atoms with Gasteiger partial charge in [0.1, 0.15) is 47.4 Å². The lowest BCUT2D eigenvalue weighted by Gasteiger charge is -2.46. The number of nitrogens with zero attached hydrogens (tertiary/aromatic N) is 4. The minimum absolute atomic E-state index is 0.0312. The SMILES string of the molecule is CO[C@@H]1[C@@H](n2cc(-c3cc(F)c(F)c(F)c3)nn2)[C@@H](O)[C@@H](CO)O[C@H]1S[C@@H](c1nocc1C)C1(O)CCCCC1. The minimum atomic E-state index is -1.60. The van der Waals surface area contributed by atoms with Crippen LogP contribution in [0.15, 0.2) is 29.1 Å². The zero-order valence-corrected chi connectivity index (χ0v) is 22.7. The summed E-state index contributed by atoms with van der Waals surface area (Å²) in [7, 11) is 1.43. The van der Waals surface area contributed by atoms with Gasteiger partial charge in [-0.25, -0.2) is 17.9 Å². The molecule has 0 radical (unpaired) electrons. The van der Waals surface area contributed by atoms with Gasteiger partial charge in [-0.15, -0.1) is 16.9 Å². The Morgan fingerprint density at radius 2 is 1.90 bits per heavy atom. The monoisotopic (exact) mass is 584 g/mol. The van der Waals surface area contributed by atoms with Crippen molar-refractivity contribution in [1.82, 2.24) is 20.2 Å². The van der Waals surface area contributed by atoms with Crippen molar-refractivity contribution in [2.75, 3.05) is 13.7 Å². The molecule has 40 heavy (non-hydrogen) atoms. The maximum absolute atomic E-state index is 13.9. The predicted molar refractivity (Wildman–Crippen MR) is 137 cm³/mol. The lowest BCUT2D eigenvalue weighted by atomic mass is 9.81. The molecule has 3 heterocycles. The second kappa shape index (κ2) is 11.8. The molecule has 1 aromatic carbocycles. The Morgan fingerprint density at radius 3 is 2.50 bits per heavy atom. The van der Waals surface area contributed by atoms with Crippen LogP contribution in [0.1, 0.15) is 54.7 Å². The largest absolute Gasteiger partial charge is 0.394 e. The highest BCUT2D eigenvalue weighted by atomic mass is 32.2. The molecule has 14 heteroatoms. The molecule has 5 rings (SSSR count). The Labute approximate surface area is 232 Å². The van der Waals surface area contributed by atoms with Crippen LogP contribution < -0.4 is 0 Å². The van der Waals surface area contributed by atoms with Crippen molar-refractivity contribution in [1.29, 1.82) is 0 Å². The van der Waals surface area contributed by atoms with E-state index in [9.17, 15) is 28.5 Å². The third kappa shape index (κ3) is 5.40. The standard InChI is InChI=1S/C26H31F3N4O6S/c1-13-12-38-31-20(13)24(26(36)6-4-3-5-7-26)40-25-23(37-2)21(22(35)18(11-34)39-25)33-10-17(30-32-33)14-8-15(27)19(29)16(28)9-14/h8-10,12,18,21-25,34-36H,3-7,11H2,1-2H3/t18-,21+,22+,23-,24+,25+/m1/s1. The molecule has 218 valence electrons. The van der Waals surface area contributed by atoms with Gasteiger partial charge in [0.25, 0.3) is 0 Å². The molecule has 6 atom stereocenters. The van der Waals surface area contributed by atoms with Gasteiger partial charge in [-0.05, 0) is 31.9 Å². The molecule has 0 amide bonds. The van der Waals surface area contributed by atoms with Crippen LogP contribution >= 0.6 is 11.8 Å². The van der Waals surface area contributed by atoms with E-state index >= 15 is 0 Å². The Hall–Kier alpha value is -2.49. The summed E-state index contributed by atoms with van der Waals surface area (Å²) in [5.74, 6) is -4.35. The van der Waals surface area contributed by atoms with Gasteiger partial charge in [-0.3, -0.25) is 0 Å². The molecule has 2 aliphatic rings. The fourth-order valence-electron chi connectivity index (χ4n) is 5.54. The van der Waals surface area contributed by atoms with Gasteiger partial charge >= 0.3 is 0 Å². The van der Waals surface area contributed by atoms with Crippen molar-refractivity contribution in [2.24, 2.45) is 0 Å². The van der Waals surface area contributed by atoms with E-state index in [1.54, 1.807) is 0 Å². The van der Waals surface area contributed by atoms with E-state index in [4.69, 9.17) is 14.0 Å². The summed E-state index contributed by atoms with van der Waals surface area (Å²) < 4.78 is 59.6. The van der Waals surface area contributed by atoms with Gasteiger partial charge in [0.2, 0.25) is 0 Å². The maximum Gasteiger partial charge on any atom is 0.194 e. The van der Waals surface area contributed by atoms with Gasteiger partial charge in [0, 0.05) is 18.2 Å². The fourth-order valence-corrected chi connectivity index (χ4v) is 7.29. The summed E-state index contributed by atoms with van der Waals surface area (Å²) in [6.07, 6.45) is 3.41. The van der Waals surface area contributed by atoms with Crippen molar-refractivity contribution in [3.05, 3.63) is 53.3 Å². The molecule has 0 unspecified atom stereocenters. The molecule has 1 aliphatic heterocycles. The number of aliphatic hydroxyl groups excluding tert-OH is 2. The van der Waals surface area contributed by atoms with Crippen molar-refractivity contribution in [2.45, 2.75) is 79.7 Å². The van der Waals surface area contributed by atoms with E-state index in [0.717, 1.165) is 37.0 Å². The number of methoxy groups -OCH3 is 1. The highest BCUT2D eigenvalue weighted by molar-refractivity contribution is 8.00. The lowest BCUT2D eigenvalue weighted by Crippen LogP contribution is -2.56. The Morgan fingerprint density at radius 1 is 1.20 bits per heavy atom. The van der Waals surface area contributed by atoms with E-state index in [2.05, 4.69) is 15.5 Å². The number of aliphatic hydroxyl groups is 3. The van der Waals surface area contributed by atoms with Crippen molar-refractivity contribution in [3.8, 4) is 11.3 Å². The summed E-state index contributed by atoms with van der Waals surface area (Å²) >= 11 is 1.26. The van der Waals surface area contributed by atoms with E-state index in [1.807, 2.05) is 6.92 Å². The number of hydrogen-bond donors (Lipinski definition) is 3. The van der Waals surface area contributed by atoms with Gasteiger partial charge in [0.05, 0.1) is 23.7 Å². The quantitative estimate of drug-likeness (QED) is 0.338. The zero-order valence-electron chi connectivity index (χ0n) is 21.9. The maximum atomic E-state index is 13.9. The summed E-state index contributed by atoms with van der Waals surface area (Å²) in [6.45, 7) is 1.31. The second-order valence-corrected chi connectivity index (χ2v) is 11.5. The van der Waals surface area contributed by atoms with Crippen LogP contribution in [0.3, 0.4) is 0 Å². The van der Waals surface area contributed by atoms with E-state index in [-0.39, 0.29) is 11.3 Å². The average Bonchev–Trinajstić information content (AvgIpc) is 3.60. The molecule has 3 aromatic rings. The van der Waals surface area contributed by atoms with Gasteiger partial charge < -0.3 is 29.3 Å². The molecular weight excluding hydrogens is 553 g/mol. The highest BCUT2D eigenvalue weighted by Crippen LogP contribution is 2.51. The van der Waals surface area contributed by atoms with Gasteiger partial charge in [0.15, 0.2) is 17.5 Å². The summed E-state index contributed by atoms with van der Waals surface area (Å²) in [4.78, 5) is 0. The summed E-state index contributed by atoms with van der Waals surface area (Å²) in [6, 6.07) is 0.641. The Kier molecular flexibility index (Phi) is 8.55. The number of thioether (sulfide) groups is 1. The first-order valence-electron chi connectivity index (χ1n) is 13.0. The molecule has 1 aliphatic carbocycles. The van der Waals surface area contributed by atoms with Gasteiger partial charge in [-0.1, -0.05) is 29.6 Å². The summed E-state index contributed by atoms with van der Waals surface area (Å²) in [5.41, 5.74) is -0.622. The Balaban J connectivity index is 1.49. The molecule has 10 nitrogen and oxygen atoms in total. The van der Waals surface area contributed by atoms with Gasteiger partial charge in [-0.2, -0.15) is 0 Å². The predicted octanol–water partition coefficient (Wildman–Crippen LogP) is 3.46. The number of rotatable bonds is 8. The molecule has 2 aromatic heterocycles. The minimum Gasteiger partial charge on any atom is -0.394 e. The average molecular weight is 585 g/mol. The number of benzene rings is 1. The third-order valence-corrected chi connectivity index (χ3v) is 9.28. The van der Waals surface area contributed by atoms with E-state index < -0.39 is 64.7 Å². The zero-order chi connectivity index (χ0) is 28.6. The normalized spacial score (nSPS) is 27.6. The smallest absolute Gasteiger partial charge is 0.194 e. The molecule has 3 N–H and O–H groups in total. The van der Waals surface area contributed by atoms with Crippen molar-refractivity contribution in [3.63, 3.8) is 0 Å². The number of aryl methyl sites for hydroxylation is 1. The molecule has 0 bridgehead atoms. The van der Waals surface area contributed by atoms with E-state index in [1.165, 1.54) is 36.0 Å². The first kappa shape index (κ1) is 29.0. The number of hydrogen-bond acceptors (Lipinski definition) is 10. The van der Waals surface area contributed by atoms with E-state index in [0.29, 0.717) is 18.5 Å². The molecule has 1 saturated heterocycles. The van der Waals surface area contributed by atoms with Crippen molar-refractivity contribution < 1.29 is 42.5 Å². The number of aromatic nitrogens is 4. The second-order valence-electron chi connectivity index (χ2n) is 10.3. The molecular formula is C26H31F3N4O6S. The molecule has 2 fully saturated rings. The summed E-state index contributed by atoms with van der Waals surface area (Å²) in [5, 5.41) is 44.6. The first-order valence-corrected chi connectivity index (χ1v) is 13.9. The number of halogens is 3. The third-order valence-electron chi connectivity index (χ3n) is 7.70. The topological polar surface area (TPSA) is 136 Å². The van der Waals surface area contributed by atoms with Crippen LogP contribution in [0.2, 0.25) is 0 Å². The molecule has 1 saturated carbocycles. The van der Waals surface area contributed by atoms with Crippen LogP contribution in [0.5, 0.6) is 0 Å². The highest BCUT2D eigenvalue weighted by Gasteiger charge is 2.51.